The summed E-state index contributed by atoms with van der Waals surface area (Å²) in [6, 6.07) is 4.97. The van der Waals surface area contributed by atoms with Crippen molar-refractivity contribution in [2.75, 3.05) is 7.05 Å². The molecule has 0 saturated carbocycles. The van der Waals surface area contributed by atoms with Gasteiger partial charge in [0.2, 0.25) is 5.75 Å². The molecule has 4 rings (SSSR count). The summed E-state index contributed by atoms with van der Waals surface area (Å²) < 4.78 is 16.0. The summed E-state index contributed by atoms with van der Waals surface area (Å²) in [6.45, 7) is 0.368. The van der Waals surface area contributed by atoms with Crippen molar-refractivity contribution >= 4 is 11.8 Å². The first kappa shape index (κ1) is 22.2. The Kier molecular flexibility index (Phi) is 5.95. The third-order valence-electron chi connectivity index (χ3n) is 5.71. The number of aryl methyl sites for hydroxylation is 1. The molecule has 1 unspecified atom stereocenters. The van der Waals surface area contributed by atoms with Gasteiger partial charge in [-0.15, -0.1) is 0 Å². The van der Waals surface area contributed by atoms with E-state index in [1.165, 1.54) is 39.9 Å². The van der Waals surface area contributed by atoms with E-state index in [9.17, 15) is 23.9 Å². The van der Waals surface area contributed by atoms with Gasteiger partial charge in [0.25, 0.3) is 17.4 Å². The molecule has 0 bridgehead atoms. The van der Waals surface area contributed by atoms with E-state index < -0.39 is 34.8 Å². The second-order valence-electron chi connectivity index (χ2n) is 7.87. The Hall–Kier alpha value is -4.02. The molecule has 3 aromatic rings. The van der Waals surface area contributed by atoms with Crippen LogP contribution in [0.2, 0.25) is 0 Å². The van der Waals surface area contributed by atoms with Gasteiger partial charge in [0, 0.05) is 39.6 Å². The third kappa shape index (κ3) is 4.21. The molecule has 33 heavy (non-hydrogen) atoms. The van der Waals surface area contributed by atoms with Crippen molar-refractivity contribution in [2.45, 2.75) is 32.0 Å². The molecule has 0 spiro atoms. The summed E-state index contributed by atoms with van der Waals surface area (Å²) in [5.74, 6) is -1.81. The monoisotopic (exact) mass is 454 g/mol. The summed E-state index contributed by atoms with van der Waals surface area (Å²) in [5, 5.41) is 13.0. The van der Waals surface area contributed by atoms with Crippen LogP contribution in [0.15, 0.2) is 41.5 Å². The highest BCUT2D eigenvalue weighted by Crippen LogP contribution is 2.29. The van der Waals surface area contributed by atoms with Gasteiger partial charge in [-0.2, -0.15) is 0 Å². The van der Waals surface area contributed by atoms with Crippen molar-refractivity contribution in [1.29, 1.82) is 0 Å². The smallest absolute Gasteiger partial charge is 0.296 e. The average Bonchev–Trinajstić information content (AvgIpc) is 3.25. The second kappa shape index (κ2) is 8.85. The molecule has 0 saturated heterocycles. The van der Waals surface area contributed by atoms with Crippen LogP contribution in [0.25, 0.3) is 0 Å². The van der Waals surface area contributed by atoms with Crippen LogP contribution in [0.1, 0.15) is 51.4 Å². The van der Waals surface area contributed by atoms with E-state index in [2.05, 4.69) is 15.3 Å². The minimum Gasteiger partial charge on any atom is -0.501 e. The summed E-state index contributed by atoms with van der Waals surface area (Å²) >= 11 is 0. The van der Waals surface area contributed by atoms with Crippen molar-refractivity contribution in [2.24, 2.45) is 7.05 Å². The number of aromatic nitrogens is 4. The van der Waals surface area contributed by atoms with Gasteiger partial charge < -0.3 is 19.9 Å². The predicted molar refractivity (Wildman–Crippen MR) is 115 cm³/mol. The third-order valence-corrected chi connectivity index (χ3v) is 5.71. The van der Waals surface area contributed by atoms with Crippen LogP contribution in [0.5, 0.6) is 5.75 Å². The van der Waals surface area contributed by atoms with Crippen molar-refractivity contribution in [3.63, 3.8) is 0 Å². The second-order valence-corrected chi connectivity index (χ2v) is 7.87. The number of benzene rings is 1. The molecule has 10 nitrogen and oxygen atoms in total. The zero-order valence-electron chi connectivity index (χ0n) is 18.2. The van der Waals surface area contributed by atoms with Gasteiger partial charge in [-0.05, 0) is 30.5 Å². The van der Waals surface area contributed by atoms with Crippen LogP contribution in [0.3, 0.4) is 0 Å². The number of imidazole rings is 1. The summed E-state index contributed by atoms with van der Waals surface area (Å²) in [5.41, 5.74) is -0.523. The zero-order valence-corrected chi connectivity index (χ0v) is 18.2. The van der Waals surface area contributed by atoms with E-state index in [-0.39, 0.29) is 24.1 Å². The van der Waals surface area contributed by atoms with Crippen molar-refractivity contribution in [3.05, 3.63) is 75.7 Å². The highest BCUT2D eigenvalue weighted by molar-refractivity contribution is 5.94. The van der Waals surface area contributed by atoms with Crippen LogP contribution in [0.4, 0.5) is 4.39 Å². The van der Waals surface area contributed by atoms with Gasteiger partial charge in [-0.3, -0.25) is 19.0 Å². The zero-order chi connectivity index (χ0) is 23.7. The van der Waals surface area contributed by atoms with Gasteiger partial charge in [-0.1, -0.05) is 12.1 Å². The molecule has 1 aliphatic rings. The summed E-state index contributed by atoms with van der Waals surface area (Å²) in [7, 11) is 3.29. The van der Waals surface area contributed by atoms with Crippen LogP contribution in [-0.2, 0) is 20.1 Å². The Morgan fingerprint density at radius 1 is 1.30 bits per heavy atom. The molecule has 0 aliphatic carbocycles. The highest BCUT2D eigenvalue weighted by atomic mass is 19.1. The normalized spacial score (nSPS) is 15.1. The number of fused-ring (bicyclic) bond motifs is 1. The number of nitrogens with zero attached hydrogens (tertiary/aromatic N) is 5. The van der Waals surface area contributed by atoms with E-state index >= 15 is 0 Å². The molecule has 172 valence electrons. The molecular formula is C22H23FN6O4. The lowest BCUT2D eigenvalue weighted by Gasteiger charge is -2.32. The predicted octanol–water partition coefficient (Wildman–Crippen LogP) is 1.36. The Morgan fingerprint density at radius 3 is 2.70 bits per heavy atom. The number of carbonyl (C=O) groups excluding carboxylic acids is 2. The van der Waals surface area contributed by atoms with Crippen molar-refractivity contribution in [3.8, 4) is 5.75 Å². The Balaban J connectivity index is 1.63. The van der Waals surface area contributed by atoms with E-state index in [1.807, 2.05) is 0 Å². The highest BCUT2D eigenvalue weighted by Gasteiger charge is 2.33. The Bertz CT molecular complexity index is 1270. The number of hydrogen-bond donors (Lipinski definition) is 2. The lowest BCUT2D eigenvalue weighted by Crippen LogP contribution is -2.41. The fraction of sp³-hybridized carbons (Fsp3) is 0.318. The van der Waals surface area contributed by atoms with Crippen LogP contribution >= 0.6 is 0 Å². The van der Waals surface area contributed by atoms with E-state index in [0.29, 0.717) is 24.9 Å². The lowest BCUT2D eigenvalue weighted by molar-refractivity contribution is 0.0677. The van der Waals surface area contributed by atoms with E-state index in [4.69, 9.17) is 0 Å². The first-order valence-corrected chi connectivity index (χ1v) is 10.4. The Labute approximate surface area is 188 Å². The number of halogens is 1. The van der Waals surface area contributed by atoms with E-state index in [1.54, 1.807) is 24.9 Å². The molecule has 0 radical (unpaired) electrons. The maximum absolute atomic E-state index is 13.1. The molecule has 2 N–H and O–H groups in total. The minimum absolute atomic E-state index is 0.0552. The van der Waals surface area contributed by atoms with Gasteiger partial charge in [0.1, 0.15) is 11.6 Å². The fourth-order valence-electron chi connectivity index (χ4n) is 3.87. The average molecular weight is 454 g/mol. The molecule has 1 atom stereocenters. The summed E-state index contributed by atoms with van der Waals surface area (Å²) in [4.78, 5) is 48.3. The maximum Gasteiger partial charge on any atom is 0.296 e. The van der Waals surface area contributed by atoms with Gasteiger partial charge in [0.05, 0.1) is 6.04 Å². The number of carbonyl (C=O) groups is 2. The van der Waals surface area contributed by atoms with Crippen molar-refractivity contribution in [1.82, 2.24) is 29.3 Å². The van der Waals surface area contributed by atoms with Crippen LogP contribution in [-0.4, -0.2) is 48.0 Å². The first-order chi connectivity index (χ1) is 15.8. The van der Waals surface area contributed by atoms with Gasteiger partial charge in [-0.25, -0.2) is 14.4 Å². The summed E-state index contributed by atoms with van der Waals surface area (Å²) in [6.07, 6.45) is 4.29. The minimum atomic E-state index is -0.755. The molecule has 0 fully saturated rings. The van der Waals surface area contributed by atoms with E-state index in [0.717, 1.165) is 0 Å². The number of rotatable bonds is 5. The number of nitrogens with one attached hydrogen (secondary N) is 1. The fourth-order valence-corrected chi connectivity index (χ4v) is 3.87. The molecule has 2 aromatic heterocycles. The topological polar surface area (TPSA) is 122 Å². The SMILES string of the molecule is CN(C(=O)c1nccn1C)C1CCCn2c1nc(C(=O)NCc1ccc(F)cc1)c(O)c2=O. The standard InChI is InChI=1S/C22H23FN6O4/c1-27-11-9-24-19(27)22(33)28(2)15-4-3-10-29-18(15)26-16(17(30)21(29)32)20(31)25-12-13-5-7-14(23)8-6-13/h5-9,11,15,30H,3-4,10,12H2,1-2H3,(H,25,31). The molecule has 1 aromatic carbocycles. The van der Waals surface area contributed by atoms with Gasteiger partial charge >= 0.3 is 0 Å². The van der Waals surface area contributed by atoms with Crippen LogP contribution in [0, 0.1) is 5.82 Å². The first-order valence-electron chi connectivity index (χ1n) is 10.4. The molecule has 11 heteroatoms. The molecule has 2 amide bonds. The van der Waals surface area contributed by atoms with Gasteiger partial charge in [0.15, 0.2) is 11.5 Å². The van der Waals surface area contributed by atoms with Crippen molar-refractivity contribution < 1.29 is 19.1 Å². The number of hydrogen-bond acceptors (Lipinski definition) is 6. The quantitative estimate of drug-likeness (QED) is 0.600. The van der Waals surface area contributed by atoms with Crippen LogP contribution < -0.4 is 10.9 Å². The number of aromatic hydroxyl groups is 1. The molecule has 3 heterocycles. The molecule has 1 aliphatic heterocycles. The lowest BCUT2D eigenvalue weighted by atomic mass is 10.0. The Morgan fingerprint density at radius 2 is 2.03 bits per heavy atom. The molecular weight excluding hydrogens is 431 g/mol. The largest absolute Gasteiger partial charge is 0.501 e. The maximum atomic E-state index is 13.1. The number of amides is 2.